The van der Waals surface area contributed by atoms with Crippen molar-refractivity contribution in [3.05, 3.63) is 46.2 Å². The van der Waals surface area contributed by atoms with Gasteiger partial charge in [0.2, 0.25) is 0 Å². The lowest BCUT2D eigenvalue weighted by atomic mass is 10.1. The van der Waals surface area contributed by atoms with Gasteiger partial charge in [-0.1, -0.05) is 18.2 Å². The Bertz CT molecular complexity index is 646. The van der Waals surface area contributed by atoms with E-state index < -0.39 is 0 Å². The molecule has 20 heavy (non-hydrogen) atoms. The van der Waals surface area contributed by atoms with E-state index in [1.807, 2.05) is 30.3 Å². The van der Waals surface area contributed by atoms with Gasteiger partial charge in [0.25, 0.3) is 5.56 Å². The first-order chi connectivity index (χ1) is 9.78. The molecule has 1 saturated carbocycles. The largest absolute Gasteiger partial charge is 0.396 e. The number of aliphatic hydroxyl groups excluding tert-OH is 1. The molecule has 3 rings (SSSR count). The topological polar surface area (TPSA) is 65.1 Å². The molecule has 1 unspecified atom stereocenters. The first-order valence-electron chi connectivity index (χ1n) is 7.23. The highest BCUT2D eigenvalue weighted by atomic mass is 16.3. The third-order valence-corrected chi connectivity index (χ3v) is 4.02. The SMILES string of the molecule is O=c1[nH]c2ccccc2cc1CNC(CCO)C1CC1. The predicted molar refractivity (Wildman–Crippen MR) is 79.6 cm³/mol. The van der Waals surface area contributed by atoms with E-state index >= 15 is 0 Å². The van der Waals surface area contributed by atoms with Gasteiger partial charge in [0.15, 0.2) is 0 Å². The zero-order chi connectivity index (χ0) is 13.9. The van der Waals surface area contributed by atoms with E-state index in [0.29, 0.717) is 18.5 Å². The summed E-state index contributed by atoms with van der Waals surface area (Å²) in [4.78, 5) is 15.0. The molecular weight excluding hydrogens is 252 g/mol. The summed E-state index contributed by atoms with van der Waals surface area (Å²) in [6.07, 6.45) is 3.22. The molecule has 4 heteroatoms. The van der Waals surface area contributed by atoms with Gasteiger partial charge in [0.05, 0.1) is 0 Å². The highest BCUT2D eigenvalue weighted by Crippen LogP contribution is 2.34. The number of para-hydroxylation sites is 1. The van der Waals surface area contributed by atoms with Crippen molar-refractivity contribution in [1.29, 1.82) is 0 Å². The Morgan fingerprint density at radius 1 is 1.35 bits per heavy atom. The summed E-state index contributed by atoms with van der Waals surface area (Å²) in [5.74, 6) is 0.668. The Morgan fingerprint density at radius 2 is 2.15 bits per heavy atom. The minimum atomic E-state index is -0.0326. The molecule has 0 spiro atoms. The molecule has 0 radical (unpaired) electrons. The standard InChI is InChI=1S/C16H20N2O2/c19-8-7-14(11-5-6-11)17-10-13-9-12-3-1-2-4-15(12)18-16(13)20/h1-4,9,11,14,17,19H,5-8,10H2,(H,18,20). The summed E-state index contributed by atoms with van der Waals surface area (Å²) >= 11 is 0. The Hall–Kier alpha value is -1.65. The van der Waals surface area contributed by atoms with E-state index in [4.69, 9.17) is 5.11 Å². The molecule has 0 saturated heterocycles. The fourth-order valence-electron chi connectivity index (χ4n) is 2.71. The summed E-state index contributed by atoms with van der Waals surface area (Å²) < 4.78 is 0. The second kappa shape index (κ2) is 5.77. The van der Waals surface area contributed by atoms with Crippen LogP contribution in [0.15, 0.2) is 35.1 Å². The number of hydrogen-bond donors (Lipinski definition) is 3. The molecule has 0 amide bonds. The normalized spacial score (nSPS) is 16.4. The molecule has 4 nitrogen and oxygen atoms in total. The summed E-state index contributed by atoms with van der Waals surface area (Å²) in [5, 5.41) is 13.6. The Morgan fingerprint density at radius 3 is 2.90 bits per heavy atom. The number of aromatic nitrogens is 1. The van der Waals surface area contributed by atoms with Gasteiger partial charge in [-0.15, -0.1) is 0 Å². The molecule has 2 aromatic rings. The number of benzene rings is 1. The summed E-state index contributed by atoms with van der Waals surface area (Å²) in [7, 11) is 0. The smallest absolute Gasteiger partial charge is 0.252 e. The van der Waals surface area contributed by atoms with Crippen molar-refractivity contribution in [2.75, 3.05) is 6.61 Å². The van der Waals surface area contributed by atoms with Crippen LogP contribution in [-0.4, -0.2) is 22.7 Å². The number of hydrogen-bond acceptors (Lipinski definition) is 3. The fraction of sp³-hybridized carbons (Fsp3) is 0.438. The molecule has 1 fully saturated rings. The maximum Gasteiger partial charge on any atom is 0.252 e. The summed E-state index contributed by atoms with van der Waals surface area (Å²) in [5.41, 5.74) is 1.59. The Kier molecular flexibility index (Phi) is 3.85. The first-order valence-corrected chi connectivity index (χ1v) is 7.23. The molecule has 1 atom stereocenters. The zero-order valence-corrected chi connectivity index (χ0v) is 11.4. The van der Waals surface area contributed by atoms with E-state index in [0.717, 1.165) is 22.9 Å². The van der Waals surface area contributed by atoms with E-state index in [1.54, 1.807) is 0 Å². The van der Waals surface area contributed by atoms with Gasteiger partial charge in [0.1, 0.15) is 0 Å². The van der Waals surface area contributed by atoms with Crippen molar-refractivity contribution in [1.82, 2.24) is 10.3 Å². The van der Waals surface area contributed by atoms with E-state index in [2.05, 4.69) is 10.3 Å². The van der Waals surface area contributed by atoms with Crippen LogP contribution in [0.25, 0.3) is 10.9 Å². The van der Waals surface area contributed by atoms with Crippen molar-refractivity contribution in [2.24, 2.45) is 5.92 Å². The van der Waals surface area contributed by atoms with Crippen LogP contribution in [0.4, 0.5) is 0 Å². The van der Waals surface area contributed by atoms with Crippen LogP contribution in [0.1, 0.15) is 24.8 Å². The van der Waals surface area contributed by atoms with E-state index in [-0.39, 0.29) is 12.2 Å². The van der Waals surface area contributed by atoms with Crippen molar-refractivity contribution < 1.29 is 5.11 Å². The average Bonchev–Trinajstić information content (AvgIpc) is 3.28. The predicted octanol–water partition coefficient (Wildman–Crippen LogP) is 1.78. The Labute approximate surface area is 117 Å². The van der Waals surface area contributed by atoms with Crippen LogP contribution in [-0.2, 0) is 6.54 Å². The molecule has 0 aliphatic heterocycles. The second-order valence-electron chi connectivity index (χ2n) is 5.55. The van der Waals surface area contributed by atoms with Crippen LogP contribution in [0.3, 0.4) is 0 Å². The fourth-order valence-corrected chi connectivity index (χ4v) is 2.71. The lowest BCUT2D eigenvalue weighted by Crippen LogP contribution is -2.33. The maximum atomic E-state index is 12.0. The summed E-state index contributed by atoms with van der Waals surface area (Å²) in [6.45, 7) is 0.754. The minimum Gasteiger partial charge on any atom is -0.396 e. The lowest BCUT2D eigenvalue weighted by Gasteiger charge is -2.17. The van der Waals surface area contributed by atoms with Crippen LogP contribution in [0, 0.1) is 5.92 Å². The van der Waals surface area contributed by atoms with Gasteiger partial charge >= 0.3 is 0 Å². The van der Waals surface area contributed by atoms with E-state index in [1.165, 1.54) is 12.8 Å². The molecule has 1 heterocycles. The monoisotopic (exact) mass is 272 g/mol. The molecule has 106 valence electrons. The molecule has 1 aromatic carbocycles. The van der Waals surface area contributed by atoms with Crippen molar-refractivity contribution in [3.63, 3.8) is 0 Å². The van der Waals surface area contributed by atoms with Crippen LogP contribution < -0.4 is 10.9 Å². The number of rotatable bonds is 6. The Balaban J connectivity index is 1.76. The third-order valence-electron chi connectivity index (χ3n) is 4.02. The zero-order valence-electron chi connectivity index (χ0n) is 11.4. The molecule has 1 aliphatic carbocycles. The molecule has 1 aliphatic rings. The average molecular weight is 272 g/mol. The van der Waals surface area contributed by atoms with Gasteiger partial charge in [0, 0.05) is 30.3 Å². The second-order valence-corrected chi connectivity index (χ2v) is 5.55. The van der Waals surface area contributed by atoms with Gasteiger partial charge in [-0.2, -0.15) is 0 Å². The third kappa shape index (κ3) is 2.92. The van der Waals surface area contributed by atoms with Gasteiger partial charge in [-0.3, -0.25) is 4.79 Å². The summed E-state index contributed by atoms with van der Waals surface area (Å²) in [6, 6.07) is 10.1. The number of nitrogens with one attached hydrogen (secondary N) is 2. The number of H-pyrrole nitrogens is 1. The lowest BCUT2D eigenvalue weighted by molar-refractivity contribution is 0.255. The van der Waals surface area contributed by atoms with Crippen molar-refractivity contribution in [2.45, 2.75) is 31.8 Å². The van der Waals surface area contributed by atoms with Crippen molar-refractivity contribution in [3.8, 4) is 0 Å². The number of pyridine rings is 1. The van der Waals surface area contributed by atoms with Crippen LogP contribution in [0.5, 0.6) is 0 Å². The number of aromatic amines is 1. The quantitative estimate of drug-likeness (QED) is 0.751. The maximum absolute atomic E-state index is 12.0. The first kappa shape index (κ1) is 13.3. The van der Waals surface area contributed by atoms with Crippen molar-refractivity contribution >= 4 is 10.9 Å². The van der Waals surface area contributed by atoms with Gasteiger partial charge in [-0.05, 0) is 42.7 Å². The molecule has 3 N–H and O–H groups in total. The highest BCUT2D eigenvalue weighted by Gasteiger charge is 2.30. The van der Waals surface area contributed by atoms with Crippen LogP contribution >= 0.6 is 0 Å². The molecular formula is C16H20N2O2. The highest BCUT2D eigenvalue weighted by molar-refractivity contribution is 5.78. The number of fused-ring (bicyclic) bond motifs is 1. The van der Waals surface area contributed by atoms with Gasteiger partial charge in [-0.25, -0.2) is 0 Å². The minimum absolute atomic E-state index is 0.0326. The molecule has 1 aromatic heterocycles. The van der Waals surface area contributed by atoms with Crippen LogP contribution in [0.2, 0.25) is 0 Å². The molecule has 0 bridgehead atoms. The number of aliphatic hydroxyl groups is 1. The van der Waals surface area contributed by atoms with E-state index in [9.17, 15) is 4.79 Å². The van der Waals surface area contributed by atoms with Gasteiger partial charge < -0.3 is 15.4 Å².